The molecule has 0 fully saturated rings. The summed E-state index contributed by atoms with van der Waals surface area (Å²) in [5.41, 5.74) is 0. The molecule has 122 valence electrons. The second-order valence-corrected chi connectivity index (χ2v) is 4.91. The summed E-state index contributed by atoms with van der Waals surface area (Å²) in [5, 5.41) is 7.03. The fraction of sp³-hybridized carbons (Fsp3) is 0.846. The van der Waals surface area contributed by atoms with Gasteiger partial charge in [0, 0.05) is 6.04 Å². The zero-order valence-corrected chi connectivity index (χ0v) is 12.5. The Hall–Kier alpha value is -1.15. The Labute approximate surface area is 122 Å². The van der Waals surface area contributed by atoms with Crippen molar-refractivity contribution in [1.82, 2.24) is 15.5 Å². The summed E-state index contributed by atoms with van der Waals surface area (Å²) in [4.78, 5) is 4.10. The van der Waals surface area contributed by atoms with Crippen LogP contribution in [-0.4, -0.2) is 35.5 Å². The molecule has 8 heteroatoms. The minimum absolute atomic E-state index is 0.00887. The van der Waals surface area contributed by atoms with Gasteiger partial charge < -0.3 is 14.6 Å². The summed E-state index contributed by atoms with van der Waals surface area (Å²) in [6, 6.07) is 0.189. The monoisotopic (exact) mass is 309 g/mol. The summed E-state index contributed by atoms with van der Waals surface area (Å²) < 4.78 is 45.5. The van der Waals surface area contributed by atoms with Crippen molar-refractivity contribution in [2.45, 2.75) is 58.4 Å². The van der Waals surface area contributed by atoms with Gasteiger partial charge in [0.1, 0.15) is 13.2 Å². The van der Waals surface area contributed by atoms with Gasteiger partial charge in [-0.05, 0) is 19.4 Å². The number of nitrogens with one attached hydrogen (secondary N) is 1. The number of aromatic nitrogens is 2. The summed E-state index contributed by atoms with van der Waals surface area (Å²) in [6.45, 7) is 5.33. The normalized spacial score (nSPS) is 15.1. The number of nitrogens with zero attached hydrogens (tertiary/aromatic N) is 2. The van der Waals surface area contributed by atoms with E-state index in [-0.39, 0.29) is 24.4 Å². The maximum atomic E-state index is 12.0. The van der Waals surface area contributed by atoms with Crippen LogP contribution in [0.25, 0.3) is 0 Å². The van der Waals surface area contributed by atoms with E-state index >= 15 is 0 Å². The maximum Gasteiger partial charge on any atom is 0.411 e. The Kier molecular flexibility index (Phi) is 7.10. The summed E-state index contributed by atoms with van der Waals surface area (Å²) in [7, 11) is 0. The van der Waals surface area contributed by atoms with E-state index in [1.165, 1.54) is 0 Å². The first-order valence-corrected chi connectivity index (χ1v) is 7.07. The van der Waals surface area contributed by atoms with E-state index in [4.69, 9.17) is 4.52 Å². The molecule has 1 N–H and O–H groups in total. The Balaban J connectivity index is 2.52. The van der Waals surface area contributed by atoms with Gasteiger partial charge in [-0.25, -0.2) is 0 Å². The summed E-state index contributed by atoms with van der Waals surface area (Å²) >= 11 is 0. The number of halogens is 3. The van der Waals surface area contributed by atoms with E-state index in [0.29, 0.717) is 5.89 Å². The molecule has 1 heterocycles. The van der Waals surface area contributed by atoms with Gasteiger partial charge in [0.2, 0.25) is 5.89 Å². The van der Waals surface area contributed by atoms with Crippen molar-refractivity contribution >= 4 is 0 Å². The van der Waals surface area contributed by atoms with Crippen molar-refractivity contribution in [2.24, 2.45) is 0 Å². The lowest BCUT2D eigenvalue weighted by Gasteiger charge is -2.20. The van der Waals surface area contributed by atoms with E-state index in [1.54, 1.807) is 0 Å². The Bertz CT molecular complexity index is 410. The Morgan fingerprint density at radius 3 is 2.62 bits per heavy atom. The third kappa shape index (κ3) is 6.43. The first-order chi connectivity index (χ1) is 9.87. The molecule has 1 rings (SSSR count). The number of hydrogen-bond acceptors (Lipinski definition) is 5. The van der Waals surface area contributed by atoms with Gasteiger partial charge in [0.15, 0.2) is 5.82 Å². The predicted molar refractivity (Wildman–Crippen MR) is 70.8 cm³/mol. The van der Waals surface area contributed by atoms with Crippen molar-refractivity contribution in [3.8, 4) is 0 Å². The Morgan fingerprint density at radius 1 is 1.33 bits per heavy atom. The highest BCUT2D eigenvalue weighted by Crippen LogP contribution is 2.20. The second kappa shape index (κ2) is 8.33. The van der Waals surface area contributed by atoms with Crippen LogP contribution in [0.2, 0.25) is 0 Å². The second-order valence-electron chi connectivity index (χ2n) is 4.91. The van der Waals surface area contributed by atoms with Crippen molar-refractivity contribution < 1.29 is 22.4 Å². The number of hydrogen-bond donors (Lipinski definition) is 1. The molecular formula is C13H22F3N3O2. The quantitative estimate of drug-likeness (QED) is 0.760. The molecule has 0 saturated carbocycles. The van der Waals surface area contributed by atoms with Crippen molar-refractivity contribution in [3.63, 3.8) is 0 Å². The molecule has 1 aromatic heterocycles. The lowest BCUT2D eigenvalue weighted by Crippen LogP contribution is -2.33. The third-order valence-electron chi connectivity index (χ3n) is 3.07. The molecule has 0 bridgehead atoms. The highest BCUT2D eigenvalue weighted by atomic mass is 19.4. The van der Waals surface area contributed by atoms with Crippen LogP contribution in [-0.2, 0) is 11.3 Å². The smallest absolute Gasteiger partial charge is 0.364 e. The highest BCUT2D eigenvalue weighted by Gasteiger charge is 2.28. The molecule has 2 atom stereocenters. The van der Waals surface area contributed by atoms with E-state index in [9.17, 15) is 13.2 Å². The van der Waals surface area contributed by atoms with Crippen LogP contribution in [0.3, 0.4) is 0 Å². The lowest BCUT2D eigenvalue weighted by atomic mass is 9.99. The minimum atomic E-state index is -4.35. The first-order valence-electron chi connectivity index (χ1n) is 7.07. The first kappa shape index (κ1) is 17.9. The molecule has 0 amide bonds. The maximum absolute atomic E-state index is 12.0. The van der Waals surface area contributed by atoms with Gasteiger partial charge in [0.05, 0.1) is 5.92 Å². The molecule has 0 aromatic carbocycles. The molecule has 21 heavy (non-hydrogen) atoms. The third-order valence-corrected chi connectivity index (χ3v) is 3.07. The standard InChI is InChI=1S/C13H22F3N3O2/c1-4-6-17-10(5-2)9(3)12-18-11(19-21-12)7-20-8-13(14,15)16/h9-10,17H,4-8H2,1-3H3. The lowest BCUT2D eigenvalue weighted by molar-refractivity contribution is -0.177. The fourth-order valence-corrected chi connectivity index (χ4v) is 1.95. The van der Waals surface area contributed by atoms with Crippen LogP contribution in [0, 0.1) is 0 Å². The van der Waals surface area contributed by atoms with E-state index in [0.717, 1.165) is 19.4 Å². The van der Waals surface area contributed by atoms with Crippen LogP contribution >= 0.6 is 0 Å². The zero-order chi connectivity index (χ0) is 15.9. The summed E-state index contributed by atoms with van der Waals surface area (Å²) in [6.07, 6.45) is -2.44. The van der Waals surface area contributed by atoms with Crippen molar-refractivity contribution in [3.05, 3.63) is 11.7 Å². The van der Waals surface area contributed by atoms with Gasteiger partial charge in [-0.3, -0.25) is 0 Å². The summed E-state index contributed by atoms with van der Waals surface area (Å²) in [5.74, 6) is 0.535. The minimum Gasteiger partial charge on any atom is -0.364 e. The van der Waals surface area contributed by atoms with Crippen molar-refractivity contribution in [1.29, 1.82) is 0 Å². The number of ether oxygens (including phenoxy) is 1. The molecule has 5 nitrogen and oxygen atoms in total. The van der Waals surface area contributed by atoms with Crippen LogP contribution in [0.4, 0.5) is 13.2 Å². The predicted octanol–water partition coefficient (Wildman–Crippen LogP) is 3.03. The molecule has 0 aliphatic carbocycles. The number of rotatable bonds is 9. The average molecular weight is 309 g/mol. The van der Waals surface area contributed by atoms with Gasteiger partial charge in [0.25, 0.3) is 0 Å². The van der Waals surface area contributed by atoms with Gasteiger partial charge in [-0.1, -0.05) is 25.9 Å². The molecular weight excluding hydrogens is 287 g/mol. The van der Waals surface area contributed by atoms with E-state index in [2.05, 4.69) is 27.1 Å². The molecule has 0 aliphatic heterocycles. The van der Waals surface area contributed by atoms with E-state index in [1.807, 2.05) is 13.8 Å². The molecule has 0 saturated heterocycles. The van der Waals surface area contributed by atoms with Crippen LogP contribution in [0.15, 0.2) is 4.52 Å². The van der Waals surface area contributed by atoms with E-state index < -0.39 is 12.8 Å². The Morgan fingerprint density at radius 2 is 2.05 bits per heavy atom. The van der Waals surface area contributed by atoms with Gasteiger partial charge in [-0.15, -0.1) is 0 Å². The molecule has 2 unspecified atom stereocenters. The van der Waals surface area contributed by atoms with Crippen LogP contribution in [0.1, 0.15) is 51.2 Å². The zero-order valence-electron chi connectivity index (χ0n) is 12.5. The molecule has 0 spiro atoms. The van der Waals surface area contributed by atoms with Gasteiger partial charge in [-0.2, -0.15) is 18.2 Å². The fourth-order valence-electron chi connectivity index (χ4n) is 1.95. The largest absolute Gasteiger partial charge is 0.411 e. The molecule has 0 aliphatic rings. The van der Waals surface area contributed by atoms with Crippen molar-refractivity contribution in [2.75, 3.05) is 13.2 Å². The van der Waals surface area contributed by atoms with Gasteiger partial charge >= 0.3 is 6.18 Å². The highest BCUT2D eigenvalue weighted by molar-refractivity contribution is 4.96. The average Bonchev–Trinajstić information content (AvgIpc) is 2.86. The SMILES string of the molecule is CCCNC(CC)C(C)c1nc(COCC(F)(F)F)no1. The molecule has 1 aromatic rings. The van der Waals surface area contributed by atoms with Crippen LogP contribution in [0.5, 0.6) is 0 Å². The number of alkyl halides is 3. The van der Waals surface area contributed by atoms with Crippen LogP contribution < -0.4 is 5.32 Å². The molecule has 0 radical (unpaired) electrons. The topological polar surface area (TPSA) is 60.2 Å².